The smallest absolute Gasteiger partial charge is 0.257 e. The van der Waals surface area contributed by atoms with Crippen LogP contribution in [-0.4, -0.2) is 10.9 Å². The summed E-state index contributed by atoms with van der Waals surface area (Å²) in [6.45, 7) is 2.13. The molecule has 0 aliphatic rings. The molecule has 2 aromatic carbocycles. The molecule has 0 saturated heterocycles. The van der Waals surface area contributed by atoms with Crippen molar-refractivity contribution in [2.24, 2.45) is 0 Å². The molecule has 128 valence electrons. The van der Waals surface area contributed by atoms with Crippen molar-refractivity contribution in [3.63, 3.8) is 0 Å². The zero-order valence-corrected chi connectivity index (χ0v) is 16.7. The van der Waals surface area contributed by atoms with E-state index in [-0.39, 0.29) is 5.91 Å². The van der Waals surface area contributed by atoms with Gasteiger partial charge in [-0.3, -0.25) is 10.1 Å². The summed E-state index contributed by atoms with van der Waals surface area (Å²) in [6.07, 6.45) is 1.94. The number of halogens is 2. The fourth-order valence-corrected chi connectivity index (χ4v) is 3.88. The van der Waals surface area contributed by atoms with E-state index in [1.807, 2.05) is 36.4 Å². The minimum atomic E-state index is -0.160. The monoisotopic (exact) mass is 434 g/mol. The van der Waals surface area contributed by atoms with Crippen LogP contribution >= 0.6 is 38.9 Å². The number of nitrogens with zero attached hydrogens (tertiary/aromatic N) is 1. The number of thiazole rings is 1. The van der Waals surface area contributed by atoms with Crippen molar-refractivity contribution in [1.82, 2.24) is 4.98 Å². The van der Waals surface area contributed by atoms with E-state index in [1.165, 1.54) is 11.3 Å². The Kier molecular flexibility index (Phi) is 5.89. The average Bonchev–Trinajstić information content (AvgIpc) is 2.99. The molecule has 1 amide bonds. The Morgan fingerprint density at radius 1 is 1.16 bits per heavy atom. The number of aryl methyl sites for hydroxylation is 1. The van der Waals surface area contributed by atoms with E-state index in [0.717, 1.165) is 33.4 Å². The number of anilines is 1. The van der Waals surface area contributed by atoms with Gasteiger partial charge >= 0.3 is 0 Å². The van der Waals surface area contributed by atoms with Gasteiger partial charge in [0.25, 0.3) is 5.91 Å². The average molecular weight is 436 g/mol. The molecule has 0 saturated carbocycles. The van der Waals surface area contributed by atoms with Crippen LogP contribution in [0.5, 0.6) is 0 Å². The standard InChI is InChI=1S/C19H16BrClN2OS/c1-2-3-16-17(12-6-10-15(21)11-7-12)22-19(25-16)23-18(24)13-4-8-14(20)9-5-13/h4-11H,2-3H2,1H3,(H,22,23,24). The van der Waals surface area contributed by atoms with E-state index in [0.29, 0.717) is 15.7 Å². The lowest BCUT2D eigenvalue weighted by Gasteiger charge is -2.02. The first-order valence-corrected chi connectivity index (χ1v) is 9.88. The molecule has 0 aliphatic heterocycles. The van der Waals surface area contributed by atoms with E-state index in [9.17, 15) is 4.79 Å². The fraction of sp³-hybridized carbons (Fsp3) is 0.158. The molecular weight excluding hydrogens is 420 g/mol. The second-order valence-electron chi connectivity index (χ2n) is 5.51. The molecule has 3 nitrogen and oxygen atoms in total. The Morgan fingerprint density at radius 3 is 2.48 bits per heavy atom. The van der Waals surface area contributed by atoms with Crippen molar-refractivity contribution in [2.75, 3.05) is 5.32 Å². The first kappa shape index (κ1) is 18.1. The van der Waals surface area contributed by atoms with Crippen LogP contribution in [0.2, 0.25) is 5.02 Å². The summed E-state index contributed by atoms with van der Waals surface area (Å²) in [7, 11) is 0. The van der Waals surface area contributed by atoms with Crippen LogP contribution in [-0.2, 0) is 6.42 Å². The van der Waals surface area contributed by atoms with Crippen molar-refractivity contribution in [3.8, 4) is 11.3 Å². The highest BCUT2D eigenvalue weighted by Gasteiger charge is 2.15. The number of amides is 1. The Morgan fingerprint density at radius 2 is 1.84 bits per heavy atom. The summed E-state index contributed by atoms with van der Waals surface area (Å²) in [5.74, 6) is -0.160. The van der Waals surface area contributed by atoms with Crippen LogP contribution in [0.15, 0.2) is 53.0 Å². The number of benzene rings is 2. The quantitative estimate of drug-likeness (QED) is 0.501. The number of rotatable bonds is 5. The third kappa shape index (κ3) is 4.48. The molecule has 0 aliphatic carbocycles. The van der Waals surface area contributed by atoms with Crippen LogP contribution < -0.4 is 5.32 Å². The summed E-state index contributed by atoms with van der Waals surface area (Å²) in [5, 5.41) is 4.21. The highest BCUT2D eigenvalue weighted by Crippen LogP contribution is 2.33. The topological polar surface area (TPSA) is 42.0 Å². The molecule has 0 bridgehead atoms. The van der Waals surface area contributed by atoms with Crippen molar-refractivity contribution < 1.29 is 4.79 Å². The van der Waals surface area contributed by atoms with Crippen LogP contribution in [0.3, 0.4) is 0 Å². The predicted molar refractivity (Wildman–Crippen MR) is 109 cm³/mol. The third-order valence-corrected chi connectivity index (χ3v) is 5.43. The molecule has 3 rings (SSSR count). The van der Waals surface area contributed by atoms with Gasteiger partial charge in [-0.1, -0.05) is 53.0 Å². The number of hydrogen-bond donors (Lipinski definition) is 1. The lowest BCUT2D eigenvalue weighted by Crippen LogP contribution is -2.11. The Bertz CT molecular complexity index is 875. The van der Waals surface area contributed by atoms with Gasteiger partial charge in [-0.15, -0.1) is 11.3 Å². The Hall–Kier alpha value is -1.69. The van der Waals surface area contributed by atoms with Gasteiger partial charge in [-0.05, 0) is 42.8 Å². The van der Waals surface area contributed by atoms with E-state index >= 15 is 0 Å². The molecular formula is C19H16BrClN2OS. The van der Waals surface area contributed by atoms with E-state index in [1.54, 1.807) is 12.1 Å². The lowest BCUT2D eigenvalue weighted by molar-refractivity contribution is 0.102. The fourth-order valence-electron chi connectivity index (χ4n) is 2.41. The van der Waals surface area contributed by atoms with E-state index in [4.69, 9.17) is 11.6 Å². The summed E-state index contributed by atoms with van der Waals surface area (Å²) in [5.41, 5.74) is 2.52. The van der Waals surface area contributed by atoms with Crippen LogP contribution in [0, 0.1) is 0 Å². The molecule has 0 fully saturated rings. The summed E-state index contributed by atoms with van der Waals surface area (Å²) in [6, 6.07) is 14.9. The molecule has 1 N–H and O–H groups in total. The predicted octanol–water partition coefficient (Wildman–Crippen LogP) is 6.43. The molecule has 6 heteroatoms. The van der Waals surface area contributed by atoms with Gasteiger partial charge < -0.3 is 0 Å². The molecule has 1 aromatic heterocycles. The van der Waals surface area contributed by atoms with Gasteiger partial charge in [0.2, 0.25) is 0 Å². The van der Waals surface area contributed by atoms with Crippen LogP contribution in [0.4, 0.5) is 5.13 Å². The lowest BCUT2D eigenvalue weighted by atomic mass is 10.1. The largest absolute Gasteiger partial charge is 0.298 e. The zero-order chi connectivity index (χ0) is 17.8. The van der Waals surface area contributed by atoms with Gasteiger partial charge in [0.15, 0.2) is 5.13 Å². The molecule has 0 atom stereocenters. The molecule has 25 heavy (non-hydrogen) atoms. The van der Waals surface area contributed by atoms with Gasteiger partial charge in [-0.25, -0.2) is 4.98 Å². The Labute approximate surface area is 164 Å². The highest BCUT2D eigenvalue weighted by molar-refractivity contribution is 9.10. The summed E-state index contributed by atoms with van der Waals surface area (Å²) >= 11 is 10.9. The van der Waals surface area contributed by atoms with Gasteiger partial charge in [0.05, 0.1) is 5.69 Å². The minimum Gasteiger partial charge on any atom is -0.298 e. The minimum absolute atomic E-state index is 0.160. The first-order valence-electron chi connectivity index (χ1n) is 7.89. The van der Waals surface area contributed by atoms with Gasteiger partial charge in [0, 0.05) is 25.5 Å². The summed E-state index contributed by atoms with van der Waals surface area (Å²) < 4.78 is 0.938. The maximum absolute atomic E-state index is 12.4. The molecule has 1 heterocycles. The SMILES string of the molecule is CCCc1sc(NC(=O)c2ccc(Br)cc2)nc1-c1ccc(Cl)cc1. The maximum atomic E-state index is 12.4. The van der Waals surface area contributed by atoms with Crippen LogP contribution in [0.25, 0.3) is 11.3 Å². The zero-order valence-electron chi connectivity index (χ0n) is 13.6. The van der Waals surface area contributed by atoms with Crippen molar-refractivity contribution >= 4 is 49.9 Å². The summed E-state index contributed by atoms with van der Waals surface area (Å²) in [4.78, 5) is 18.2. The van der Waals surface area contributed by atoms with Gasteiger partial charge in [0.1, 0.15) is 0 Å². The van der Waals surface area contributed by atoms with Crippen molar-refractivity contribution in [3.05, 3.63) is 68.5 Å². The van der Waals surface area contributed by atoms with Gasteiger partial charge in [-0.2, -0.15) is 0 Å². The Balaban J connectivity index is 1.87. The van der Waals surface area contributed by atoms with Crippen LogP contribution in [0.1, 0.15) is 28.6 Å². The van der Waals surface area contributed by atoms with E-state index < -0.39 is 0 Å². The molecule has 3 aromatic rings. The molecule has 0 spiro atoms. The number of carbonyl (C=O) groups excluding carboxylic acids is 1. The second-order valence-corrected chi connectivity index (χ2v) is 7.94. The van der Waals surface area contributed by atoms with E-state index in [2.05, 4.69) is 33.2 Å². The number of hydrogen-bond acceptors (Lipinski definition) is 3. The molecule has 0 unspecified atom stereocenters. The maximum Gasteiger partial charge on any atom is 0.257 e. The number of carbonyl (C=O) groups is 1. The van der Waals surface area contributed by atoms with Crippen molar-refractivity contribution in [1.29, 1.82) is 0 Å². The third-order valence-electron chi connectivity index (χ3n) is 3.62. The normalized spacial score (nSPS) is 10.7. The van der Waals surface area contributed by atoms with Crippen molar-refractivity contribution in [2.45, 2.75) is 19.8 Å². The highest BCUT2D eigenvalue weighted by atomic mass is 79.9. The number of nitrogens with one attached hydrogen (secondary N) is 1. The second kappa shape index (κ2) is 8.13. The molecule has 0 radical (unpaired) electrons. The number of aromatic nitrogens is 1. The first-order chi connectivity index (χ1) is 12.1.